The summed E-state index contributed by atoms with van der Waals surface area (Å²) in [5.41, 5.74) is 6.51. The van der Waals surface area contributed by atoms with Crippen molar-refractivity contribution in [3.8, 4) is 0 Å². The lowest BCUT2D eigenvalue weighted by atomic mass is 9.90. The number of nitrogens with two attached hydrogens (primary N) is 1. The first-order valence-corrected chi connectivity index (χ1v) is 6.39. The molecule has 3 nitrogen and oxygen atoms in total. The van der Waals surface area contributed by atoms with Gasteiger partial charge in [-0.3, -0.25) is 0 Å². The highest BCUT2D eigenvalue weighted by atomic mass is 35.5. The van der Waals surface area contributed by atoms with E-state index in [0.717, 1.165) is 18.4 Å². The van der Waals surface area contributed by atoms with Gasteiger partial charge in [0.2, 0.25) is 0 Å². The highest BCUT2D eigenvalue weighted by molar-refractivity contribution is 6.30. The molecule has 0 aliphatic carbocycles. The van der Waals surface area contributed by atoms with Crippen LogP contribution < -0.4 is 5.73 Å². The van der Waals surface area contributed by atoms with Crippen LogP contribution in [0.5, 0.6) is 0 Å². The molecule has 1 heterocycles. The summed E-state index contributed by atoms with van der Waals surface area (Å²) in [5.74, 6) is -0.104. The molecule has 1 aliphatic rings. The van der Waals surface area contributed by atoms with E-state index in [1.807, 2.05) is 0 Å². The van der Waals surface area contributed by atoms with Gasteiger partial charge in [-0.1, -0.05) is 24.6 Å². The topological polar surface area (TPSA) is 47.6 Å². The minimum atomic E-state index is -0.387. The summed E-state index contributed by atoms with van der Waals surface area (Å²) in [7, 11) is 0. The average Bonchev–Trinajstić information content (AvgIpc) is 2.75. The zero-order valence-corrected chi connectivity index (χ0v) is 11.0. The molecule has 0 bridgehead atoms. The molecule has 0 radical (unpaired) electrons. The molecule has 2 N–H and O–H groups in total. The van der Waals surface area contributed by atoms with Crippen LogP contribution in [0.15, 0.2) is 23.2 Å². The van der Waals surface area contributed by atoms with E-state index in [2.05, 4.69) is 11.9 Å². The zero-order valence-electron chi connectivity index (χ0n) is 10.2. The van der Waals surface area contributed by atoms with E-state index in [-0.39, 0.29) is 28.8 Å². The Bertz CT molecular complexity index is 464. The second-order valence-electron chi connectivity index (χ2n) is 4.45. The van der Waals surface area contributed by atoms with Gasteiger partial charge >= 0.3 is 0 Å². The molecule has 2 rings (SSSR count). The summed E-state index contributed by atoms with van der Waals surface area (Å²) >= 11 is 5.81. The average molecular weight is 271 g/mol. The monoisotopic (exact) mass is 270 g/mol. The fourth-order valence-electron chi connectivity index (χ4n) is 2.19. The van der Waals surface area contributed by atoms with Gasteiger partial charge in [0.1, 0.15) is 12.4 Å². The minimum Gasteiger partial charge on any atom is -0.463 e. The SMILES string of the molecule is CCC(C[C@H]1COC(N)=N1)c1ccc(F)c(Cl)c1. The summed E-state index contributed by atoms with van der Waals surface area (Å²) < 4.78 is 18.3. The number of rotatable bonds is 4. The maximum Gasteiger partial charge on any atom is 0.282 e. The minimum absolute atomic E-state index is 0.0822. The van der Waals surface area contributed by atoms with Crippen molar-refractivity contribution in [1.29, 1.82) is 0 Å². The van der Waals surface area contributed by atoms with Crippen molar-refractivity contribution in [2.24, 2.45) is 10.7 Å². The van der Waals surface area contributed by atoms with Crippen molar-refractivity contribution in [1.82, 2.24) is 0 Å². The van der Waals surface area contributed by atoms with Crippen molar-refractivity contribution in [3.05, 3.63) is 34.6 Å². The molecular weight excluding hydrogens is 255 g/mol. The second-order valence-corrected chi connectivity index (χ2v) is 4.85. The Kier molecular flexibility index (Phi) is 4.07. The Morgan fingerprint density at radius 1 is 1.61 bits per heavy atom. The summed E-state index contributed by atoms with van der Waals surface area (Å²) in [4.78, 5) is 4.21. The number of hydrogen-bond donors (Lipinski definition) is 1. The predicted molar refractivity (Wildman–Crippen MR) is 70.4 cm³/mol. The normalized spacial score (nSPS) is 20.4. The third-order valence-corrected chi connectivity index (χ3v) is 3.49. The van der Waals surface area contributed by atoms with Crippen LogP contribution in [-0.2, 0) is 4.74 Å². The van der Waals surface area contributed by atoms with Crippen LogP contribution in [0.2, 0.25) is 5.02 Å². The van der Waals surface area contributed by atoms with E-state index in [1.165, 1.54) is 6.07 Å². The molecule has 0 fully saturated rings. The molecule has 5 heteroatoms. The number of halogens is 2. The van der Waals surface area contributed by atoms with Gasteiger partial charge in [0.05, 0.1) is 11.1 Å². The second kappa shape index (κ2) is 5.57. The Balaban J connectivity index is 2.10. The number of benzene rings is 1. The van der Waals surface area contributed by atoms with Gasteiger partial charge in [-0.05, 0) is 36.5 Å². The van der Waals surface area contributed by atoms with E-state index >= 15 is 0 Å². The summed E-state index contributed by atoms with van der Waals surface area (Å²) in [6, 6.07) is 5.21. The van der Waals surface area contributed by atoms with E-state index in [0.29, 0.717) is 6.61 Å². The van der Waals surface area contributed by atoms with Gasteiger partial charge in [-0.25, -0.2) is 9.38 Å². The summed E-state index contributed by atoms with van der Waals surface area (Å²) in [6.07, 6.45) is 1.77. The number of aliphatic imine (C=N–C) groups is 1. The first-order chi connectivity index (χ1) is 8.60. The van der Waals surface area contributed by atoms with E-state index in [1.54, 1.807) is 12.1 Å². The molecule has 1 unspecified atom stereocenters. The van der Waals surface area contributed by atoms with Crippen LogP contribution >= 0.6 is 11.6 Å². The Morgan fingerprint density at radius 2 is 2.39 bits per heavy atom. The Labute approximate surface area is 111 Å². The highest BCUT2D eigenvalue weighted by Crippen LogP contribution is 2.29. The van der Waals surface area contributed by atoms with Crippen LogP contribution in [0.1, 0.15) is 31.2 Å². The fourth-order valence-corrected chi connectivity index (χ4v) is 2.38. The van der Waals surface area contributed by atoms with Gasteiger partial charge < -0.3 is 10.5 Å². The first-order valence-electron chi connectivity index (χ1n) is 6.01. The van der Waals surface area contributed by atoms with Gasteiger partial charge in [-0.15, -0.1) is 0 Å². The van der Waals surface area contributed by atoms with Gasteiger partial charge in [-0.2, -0.15) is 0 Å². The molecule has 1 aromatic rings. The molecule has 98 valence electrons. The van der Waals surface area contributed by atoms with E-state index in [9.17, 15) is 4.39 Å². The number of nitrogens with zero attached hydrogens (tertiary/aromatic N) is 1. The Hall–Kier alpha value is -1.29. The largest absolute Gasteiger partial charge is 0.463 e. The molecule has 0 amide bonds. The van der Waals surface area contributed by atoms with Gasteiger partial charge in [0, 0.05) is 0 Å². The molecule has 0 spiro atoms. The molecular formula is C13H16ClFN2O. The summed E-state index contributed by atoms with van der Waals surface area (Å²) in [6.45, 7) is 2.61. The standard InChI is InChI=1S/C13H16ClFN2O/c1-2-8(5-10-7-18-13(16)17-10)9-3-4-12(15)11(14)6-9/h3-4,6,8,10H,2,5,7H2,1H3,(H2,16,17)/t8?,10-/m0/s1. The van der Waals surface area contributed by atoms with Crippen LogP contribution in [-0.4, -0.2) is 18.7 Å². The zero-order chi connectivity index (χ0) is 13.1. The molecule has 1 aliphatic heterocycles. The Morgan fingerprint density at radius 3 is 2.94 bits per heavy atom. The van der Waals surface area contributed by atoms with Crippen LogP contribution in [0.4, 0.5) is 4.39 Å². The lowest BCUT2D eigenvalue weighted by molar-refractivity contribution is 0.301. The smallest absolute Gasteiger partial charge is 0.282 e. The molecule has 0 saturated heterocycles. The third-order valence-electron chi connectivity index (χ3n) is 3.20. The van der Waals surface area contributed by atoms with Crippen molar-refractivity contribution < 1.29 is 9.13 Å². The lowest BCUT2D eigenvalue weighted by Crippen LogP contribution is -2.12. The lowest BCUT2D eigenvalue weighted by Gasteiger charge is -2.17. The molecule has 18 heavy (non-hydrogen) atoms. The molecule has 0 saturated carbocycles. The third kappa shape index (κ3) is 2.93. The highest BCUT2D eigenvalue weighted by Gasteiger charge is 2.22. The van der Waals surface area contributed by atoms with Crippen molar-refractivity contribution in [3.63, 3.8) is 0 Å². The van der Waals surface area contributed by atoms with E-state index in [4.69, 9.17) is 22.1 Å². The summed E-state index contributed by atoms with van der Waals surface area (Å²) in [5, 5.41) is 0.164. The van der Waals surface area contributed by atoms with Crippen molar-refractivity contribution in [2.45, 2.75) is 31.7 Å². The maximum atomic E-state index is 13.1. The molecule has 1 aromatic carbocycles. The van der Waals surface area contributed by atoms with Gasteiger partial charge in [0.15, 0.2) is 0 Å². The van der Waals surface area contributed by atoms with Crippen molar-refractivity contribution >= 4 is 17.6 Å². The first kappa shape index (κ1) is 13.1. The van der Waals surface area contributed by atoms with Crippen molar-refractivity contribution in [2.75, 3.05) is 6.61 Å². The van der Waals surface area contributed by atoms with E-state index < -0.39 is 0 Å². The number of ether oxygens (including phenoxy) is 1. The fraction of sp³-hybridized carbons (Fsp3) is 0.462. The number of amidine groups is 1. The quantitative estimate of drug-likeness (QED) is 0.914. The molecule has 2 atom stereocenters. The van der Waals surface area contributed by atoms with Crippen LogP contribution in [0, 0.1) is 5.82 Å². The number of hydrogen-bond acceptors (Lipinski definition) is 3. The van der Waals surface area contributed by atoms with Crippen LogP contribution in [0.25, 0.3) is 0 Å². The maximum absolute atomic E-state index is 13.1. The molecule has 0 aromatic heterocycles. The van der Waals surface area contributed by atoms with Crippen LogP contribution in [0.3, 0.4) is 0 Å². The predicted octanol–water partition coefficient (Wildman–Crippen LogP) is 3.08. The van der Waals surface area contributed by atoms with Gasteiger partial charge in [0.25, 0.3) is 6.02 Å².